The van der Waals surface area contributed by atoms with Crippen LogP contribution in [-0.2, 0) is 11.3 Å². The fourth-order valence-electron chi connectivity index (χ4n) is 4.74. The molecule has 1 atom stereocenters. The number of carbonyl (C=O) groups is 1. The number of amidine groups is 1. The average Bonchev–Trinajstić information content (AvgIpc) is 3.58. The molecule has 0 radical (unpaired) electrons. The van der Waals surface area contributed by atoms with Gasteiger partial charge in [-0.1, -0.05) is 6.07 Å². The third kappa shape index (κ3) is 3.56. The number of nitrogens with one attached hydrogen (secondary N) is 1. The van der Waals surface area contributed by atoms with Crippen LogP contribution in [0.25, 0.3) is 10.1 Å². The number of fused-ring (bicyclic) bond motifs is 2. The van der Waals surface area contributed by atoms with Gasteiger partial charge in [0.2, 0.25) is 0 Å². The van der Waals surface area contributed by atoms with Crippen molar-refractivity contribution in [2.75, 3.05) is 44.7 Å². The molecule has 0 bridgehead atoms. The fraction of sp³-hybridized carbons (Fsp3) is 0.391. The lowest BCUT2D eigenvalue weighted by molar-refractivity contribution is 0.0185. The van der Waals surface area contributed by atoms with Crippen LogP contribution in [0.1, 0.15) is 28.2 Å². The zero-order valence-corrected chi connectivity index (χ0v) is 18.5. The molecule has 2 saturated heterocycles. The lowest BCUT2D eigenvalue weighted by Gasteiger charge is -2.32. The number of rotatable bonds is 3. The Morgan fingerprint density at radius 2 is 2.09 bits per heavy atom. The van der Waals surface area contributed by atoms with Gasteiger partial charge in [0.15, 0.2) is 5.84 Å². The number of aliphatic imine (C=N–C) groups is 1. The second-order valence-corrected chi connectivity index (χ2v) is 9.19. The van der Waals surface area contributed by atoms with Gasteiger partial charge >= 0.3 is 0 Å². The molecule has 2 fully saturated rings. The number of amides is 1. The van der Waals surface area contributed by atoms with Gasteiger partial charge in [-0.3, -0.25) is 19.7 Å². The quantitative estimate of drug-likeness (QED) is 0.663. The smallest absolute Gasteiger partial charge is 0.274 e. The van der Waals surface area contributed by atoms with Gasteiger partial charge in [-0.05, 0) is 42.2 Å². The minimum absolute atomic E-state index is 0.0333. The summed E-state index contributed by atoms with van der Waals surface area (Å²) in [6, 6.07) is 10.4. The molecule has 164 valence electrons. The summed E-state index contributed by atoms with van der Waals surface area (Å²) in [5.41, 5.74) is 3.51. The van der Waals surface area contributed by atoms with E-state index in [1.807, 2.05) is 35.2 Å². The van der Waals surface area contributed by atoms with E-state index in [4.69, 9.17) is 4.74 Å². The number of likely N-dealkylation sites (tertiary alicyclic amines) is 1. The zero-order chi connectivity index (χ0) is 21.5. The highest BCUT2D eigenvalue weighted by Crippen LogP contribution is 2.29. The highest BCUT2D eigenvalue weighted by molar-refractivity contribution is 7.13. The van der Waals surface area contributed by atoms with Gasteiger partial charge in [-0.25, -0.2) is 0 Å². The minimum Gasteiger partial charge on any atom is -0.379 e. The van der Waals surface area contributed by atoms with E-state index in [0.717, 1.165) is 78.7 Å². The second kappa shape index (κ2) is 8.23. The van der Waals surface area contributed by atoms with E-state index in [1.54, 1.807) is 6.20 Å². The molecule has 0 saturated carbocycles. The highest BCUT2D eigenvalue weighted by atomic mass is 32.1. The Morgan fingerprint density at radius 3 is 3.00 bits per heavy atom. The van der Waals surface area contributed by atoms with Crippen LogP contribution in [0.2, 0.25) is 0 Å². The molecule has 1 amide bonds. The van der Waals surface area contributed by atoms with Crippen molar-refractivity contribution in [3.63, 3.8) is 0 Å². The number of nitrogens with zero attached hydrogens (tertiary/aromatic N) is 5. The largest absolute Gasteiger partial charge is 0.379 e. The second-order valence-electron chi connectivity index (χ2n) is 8.39. The molecule has 1 unspecified atom stereocenters. The summed E-state index contributed by atoms with van der Waals surface area (Å²) >= 11 is 1.37. The monoisotopic (exact) mass is 448 g/mol. The van der Waals surface area contributed by atoms with E-state index in [0.29, 0.717) is 18.3 Å². The third-order valence-corrected chi connectivity index (χ3v) is 7.28. The first-order chi connectivity index (χ1) is 15.8. The number of anilines is 1. The Kier molecular flexibility index (Phi) is 5.09. The molecule has 0 aliphatic carbocycles. The summed E-state index contributed by atoms with van der Waals surface area (Å²) in [4.78, 5) is 26.7. The number of aromatic nitrogens is 2. The summed E-state index contributed by atoms with van der Waals surface area (Å²) in [5, 5.41) is 4.29. The van der Waals surface area contributed by atoms with Gasteiger partial charge in [0.05, 0.1) is 24.5 Å². The van der Waals surface area contributed by atoms with E-state index in [-0.39, 0.29) is 5.91 Å². The summed E-state index contributed by atoms with van der Waals surface area (Å²) in [7, 11) is 0. The van der Waals surface area contributed by atoms with Crippen molar-refractivity contribution < 1.29 is 9.53 Å². The molecule has 3 aliphatic heterocycles. The number of hydrogen-bond donors (Lipinski definition) is 1. The molecule has 8 nitrogen and oxygen atoms in total. The van der Waals surface area contributed by atoms with Crippen LogP contribution in [-0.4, -0.2) is 76.3 Å². The molecule has 32 heavy (non-hydrogen) atoms. The summed E-state index contributed by atoms with van der Waals surface area (Å²) < 4.78 is 11.0. The fourth-order valence-corrected chi connectivity index (χ4v) is 5.55. The first-order valence-electron chi connectivity index (χ1n) is 11.0. The van der Waals surface area contributed by atoms with Crippen molar-refractivity contribution in [3.8, 4) is 0 Å². The van der Waals surface area contributed by atoms with Gasteiger partial charge < -0.3 is 15.0 Å². The Hall–Kier alpha value is -2.88. The maximum atomic E-state index is 13.2. The van der Waals surface area contributed by atoms with Gasteiger partial charge in [0.1, 0.15) is 11.4 Å². The lowest BCUT2D eigenvalue weighted by Crippen LogP contribution is -2.45. The topological polar surface area (TPSA) is 83.0 Å². The summed E-state index contributed by atoms with van der Waals surface area (Å²) in [6.45, 7) is 5.67. The number of carbonyl (C=O) groups excluding carboxylic acids is 1. The Bertz CT molecular complexity index is 1200. The van der Waals surface area contributed by atoms with Crippen LogP contribution >= 0.6 is 11.5 Å². The molecule has 6 rings (SSSR count). The number of hydrogen-bond acceptors (Lipinski definition) is 8. The van der Waals surface area contributed by atoms with Gasteiger partial charge in [0, 0.05) is 55.1 Å². The molecule has 5 heterocycles. The van der Waals surface area contributed by atoms with Crippen LogP contribution in [0.4, 0.5) is 5.69 Å². The van der Waals surface area contributed by atoms with Crippen LogP contribution in [0.3, 0.4) is 0 Å². The first-order valence-corrected chi connectivity index (χ1v) is 11.8. The predicted molar refractivity (Wildman–Crippen MR) is 124 cm³/mol. The van der Waals surface area contributed by atoms with Crippen LogP contribution in [0, 0.1) is 0 Å². The van der Waals surface area contributed by atoms with E-state index in [1.165, 1.54) is 11.5 Å². The Morgan fingerprint density at radius 1 is 1.19 bits per heavy atom. The average molecular weight is 449 g/mol. The molecule has 1 N–H and O–H groups in total. The van der Waals surface area contributed by atoms with Crippen LogP contribution in [0.15, 0.2) is 41.5 Å². The van der Waals surface area contributed by atoms with Crippen molar-refractivity contribution in [2.45, 2.75) is 19.0 Å². The van der Waals surface area contributed by atoms with Crippen molar-refractivity contribution in [1.29, 1.82) is 0 Å². The Labute approximate surface area is 190 Å². The number of morpholine rings is 1. The van der Waals surface area contributed by atoms with E-state index in [2.05, 4.69) is 24.6 Å². The number of ether oxygens (including phenoxy) is 1. The van der Waals surface area contributed by atoms with Gasteiger partial charge in [-0.15, -0.1) is 0 Å². The van der Waals surface area contributed by atoms with Crippen molar-refractivity contribution in [1.82, 2.24) is 19.2 Å². The molecule has 0 spiro atoms. The zero-order valence-electron chi connectivity index (χ0n) is 17.7. The third-order valence-electron chi connectivity index (χ3n) is 6.47. The van der Waals surface area contributed by atoms with Crippen LogP contribution in [0.5, 0.6) is 0 Å². The molecule has 3 aliphatic rings. The van der Waals surface area contributed by atoms with E-state index in [9.17, 15) is 4.79 Å². The number of benzene rings is 1. The maximum absolute atomic E-state index is 13.2. The van der Waals surface area contributed by atoms with Crippen LogP contribution < -0.4 is 5.32 Å². The normalized spacial score (nSPS) is 21.1. The predicted octanol–water partition coefficient (Wildman–Crippen LogP) is 2.61. The minimum atomic E-state index is 0.0333. The standard InChI is InChI=1S/C23H24N6O2S/c30-23(29-7-5-17(14-29)28-8-10-31-11-9-28)21-18-4-3-16(12-19(18)32-27-21)26-22-20-15(13-25-22)2-1-6-24-20/h1-4,6,12,17H,5,7-11,13-14H2,(H,25,26). The Balaban J connectivity index is 1.17. The lowest BCUT2D eigenvalue weighted by atomic mass is 10.1. The summed E-state index contributed by atoms with van der Waals surface area (Å²) in [6.07, 6.45) is 2.80. The van der Waals surface area contributed by atoms with Crippen molar-refractivity contribution in [3.05, 3.63) is 53.5 Å². The van der Waals surface area contributed by atoms with Crippen molar-refractivity contribution >= 4 is 39.0 Å². The van der Waals surface area contributed by atoms with E-state index < -0.39 is 0 Å². The number of pyridine rings is 1. The van der Waals surface area contributed by atoms with Gasteiger partial charge in [-0.2, -0.15) is 4.37 Å². The maximum Gasteiger partial charge on any atom is 0.274 e. The van der Waals surface area contributed by atoms with Crippen molar-refractivity contribution in [2.24, 2.45) is 4.99 Å². The molecule has 1 aromatic carbocycles. The molecular formula is C23H24N6O2S. The molecule has 2 aromatic heterocycles. The SMILES string of the molecule is O=C(c1nsc2cc(NC3=NCc4cccnc43)ccc12)N1CCC(N2CCOCC2)C1. The summed E-state index contributed by atoms with van der Waals surface area (Å²) in [5.74, 6) is 0.818. The molecular weight excluding hydrogens is 424 g/mol. The highest BCUT2D eigenvalue weighted by Gasteiger charge is 2.33. The van der Waals surface area contributed by atoms with E-state index >= 15 is 0 Å². The first kappa shape index (κ1) is 19.8. The molecule has 9 heteroatoms. The van der Waals surface area contributed by atoms with Gasteiger partial charge in [0.25, 0.3) is 5.91 Å². The molecule has 3 aromatic rings.